The minimum atomic E-state index is -0.119. The molecule has 1 nitrogen and oxygen atoms in total. The molecule has 0 aromatic carbocycles. The Hall–Kier alpha value is -0.560. The van der Waals surface area contributed by atoms with Crippen molar-refractivity contribution in [2.45, 2.75) is 98.5 Å². The van der Waals surface area contributed by atoms with Crippen molar-refractivity contribution in [3.05, 3.63) is 23.8 Å². The molecule has 3 fully saturated rings. The maximum atomic E-state index is 10.3. The van der Waals surface area contributed by atoms with Crippen LogP contribution >= 0.6 is 0 Å². The van der Waals surface area contributed by atoms with Crippen molar-refractivity contribution in [3.63, 3.8) is 0 Å². The van der Waals surface area contributed by atoms with Gasteiger partial charge in [0.2, 0.25) is 0 Å². The third-order valence-corrected chi connectivity index (χ3v) is 10.2. The predicted molar refractivity (Wildman–Crippen MR) is 119 cm³/mol. The summed E-state index contributed by atoms with van der Waals surface area (Å²) in [6, 6.07) is 0. The highest BCUT2D eigenvalue weighted by Gasteiger charge is 2.58. The molecular weight excluding hydrogens is 340 g/mol. The normalized spacial score (nSPS) is 44.5. The van der Waals surface area contributed by atoms with Crippen molar-refractivity contribution in [1.82, 2.24) is 0 Å². The molecule has 28 heavy (non-hydrogen) atoms. The number of aliphatic hydroxyl groups excluding tert-OH is 1. The highest BCUT2D eigenvalue weighted by atomic mass is 16.3. The minimum Gasteiger partial charge on any atom is -0.393 e. The Morgan fingerprint density at radius 2 is 1.82 bits per heavy atom. The van der Waals surface area contributed by atoms with E-state index in [1.165, 1.54) is 51.4 Å². The van der Waals surface area contributed by atoms with E-state index in [-0.39, 0.29) is 6.10 Å². The van der Waals surface area contributed by atoms with Gasteiger partial charge in [0.25, 0.3) is 0 Å². The lowest BCUT2D eigenvalue weighted by Gasteiger charge is -2.58. The lowest BCUT2D eigenvalue weighted by molar-refractivity contribution is -0.0555. The van der Waals surface area contributed by atoms with E-state index in [0.717, 1.165) is 36.0 Å². The Labute approximate surface area is 174 Å². The van der Waals surface area contributed by atoms with E-state index >= 15 is 0 Å². The van der Waals surface area contributed by atoms with Gasteiger partial charge in [-0.2, -0.15) is 0 Å². The molecule has 1 heteroatoms. The Morgan fingerprint density at radius 3 is 2.57 bits per heavy atom. The molecule has 8 atom stereocenters. The Morgan fingerprint density at radius 1 is 1.04 bits per heavy atom. The van der Waals surface area contributed by atoms with Gasteiger partial charge in [0, 0.05) is 0 Å². The van der Waals surface area contributed by atoms with Crippen LogP contribution in [0.25, 0.3) is 0 Å². The summed E-state index contributed by atoms with van der Waals surface area (Å²) in [7, 11) is 0. The molecule has 1 N–H and O–H groups in total. The maximum absolute atomic E-state index is 10.3. The molecule has 0 saturated heterocycles. The number of hydrogen-bond donors (Lipinski definition) is 1. The van der Waals surface area contributed by atoms with Crippen LogP contribution in [0.2, 0.25) is 0 Å². The fourth-order valence-electron chi connectivity index (χ4n) is 8.32. The van der Waals surface area contributed by atoms with E-state index in [9.17, 15) is 5.11 Å². The van der Waals surface area contributed by atoms with E-state index in [4.69, 9.17) is 0 Å². The molecule has 4 aliphatic carbocycles. The van der Waals surface area contributed by atoms with Gasteiger partial charge in [-0.15, -0.1) is 0 Å². The van der Waals surface area contributed by atoms with E-state index in [0.29, 0.717) is 16.7 Å². The summed E-state index contributed by atoms with van der Waals surface area (Å²) < 4.78 is 0. The van der Waals surface area contributed by atoms with Crippen molar-refractivity contribution < 1.29 is 5.11 Å². The van der Waals surface area contributed by atoms with E-state index in [1.807, 2.05) is 0 Å². The van der Waals surface area contributed by atoms with Crippen LogP contribution in [-0.4, -0.2) is 11.2 Å². The van der Waals surface area contributed by atoms with Crippen LogP contribution in [0.4, 0.5) is 0 Å². The molecule has 0 aliphatic heterocycles. The van der Waals surface area contributed by atoms with Gasteiger partial charge < -0.3 is 5.11 Å². The molecular formula is C27H44O. The quantitative estimate of drug-likeness (QED) is 0.533. The molecule has 4 aliphatic rings. The zero-order valence-corrected chi connectivity index (χ0v) is 19.1. The number of allylic oxidation sites excluding steroid dienone is 4. The molecule has 0 spiro atoms. The van der Waals surface area contributed by atoms with Crippen LogP contribution in [0.15, 0.2) is 23.8 Å². The first-order valence-corrected chi connectivity index (χ1v) is 12.3. The average molecular weight is 385 g/mol. The van der Waals surface area contributed by atoms with Crippen LogP contribution in [0.3, 0.4) is 0 Å². The number of aliphatic hydroxyl groups is 1. The first kappa shape index (κ1) is 20.7. The van der Waals surface area contributed by atoms with Gasteiger partial charge in [0.15, 0.2) is 0 Å². The Kier molecular flexibility index (Phi) is 5.62. The minimum absolute atomic E-state index is 0.119. The van der Waals surface area contributed by atoms with Crippen molar-refractivity contribution in [2.75, 3.05) is 0 Å². The summed E-state index contributed by atoms with van der Waals surface area (Å²) in [4.78, 5) is 0. The molecule has 158 valence electrons. The van der Waals surface area contributed by atoms with Gasteiger partial charge in [-0.3, -0.25) is 0 Å². The Bertz CT molecular complexity index is 630. The monoisotopic (exact) mass is 384 g/mol. The maximum Gasteiger partial charge on any atom is 0.0563 e. The van der Waals surface area contributed by atoms with Gasteiger partial charge >= 0.3 is 0 Å². The summed E-state index contributed by atoms with van der Waals surface area (Å²) in [6.07, 6.45) is 19.1. The third-order valence-electron chi connectivity index (χ3n) is 10.2. The summed E-state index contributed by atoms with van der Waals surface area (Å²) in [5, 5.41) is 10.3. The first-order chi connectivity index (χ1) is 13.3. The predicted octanol–water partition coefficient (Wildman–Crippen LogP) is 7.16. The first-order valence-electron chi connectivity index (χ1n) is 12.3. The molecule has 0 aromatic heterocycles. The number of fused-ring (bicyclic) bond motifs is 5. The van der Waals surface area contributed by atoms with Crippen LogP contribution in [0, 0.1) is 46.3 Å². The second kappa shape index (κ2) is 7.60. The van der Waals surface area contributed by atoms with E-state index in [2.05, 4.69) is 52.8 Å². The lowest BCUT2D eigenvalue weighted by atomic mass is 9.47. The lowest BCUT2D eigenvalue weighted by Crippen LogP contribution is -2.50. The van der Waals surface area contributed by atoms with Crippen molar-refractivity contribution in [2.24, 2.45) is 46.3 Å². The molecule has 4 rings (SSSR count). The second-order valence-electron chi connectivity index (χ2n) is 11.8. The smallest absolute Gasteiger partial charge is 0.0563 e. The number of hydrogen-bond acceptors (Lipinski definition) is 1. The molecule has 0 radical (unpaired) electrons. The SMILES string of the molecule is CC(C)C(O)CC[C@@H](C)[C@H]1CC[C@H]2[C@@H]3CCC4=CC=CC[C@]4(C)[C@H]3CC[C@]12C. The van der Waals surface area contributed by atoms with Crippen LogP contribution < -0.4 is 0 Å². The van der Waals surface area contributed by atoms with E-state index in [1.54, 1.807) is 5.57 Å². The fraction of sp³-hybridized carbons (Fsp3) is 0.852. The molecule has 0 bridgehead atoms. The zero-order valence-electron chi connectivity index (χ0n) is 19.1. The highest BCUT2D eigenvalue weighted by Crippen LogP contribution is 2.67. The van der Waals surface area contributed by atoms with Crippen molar-refractivity contribution in [1.29, 1.82) is 0 Å². The van der Waals surface area contributed by atoms with Gasteiger partial charge in [0.05, 0.1) is 6.10 Å². The van der Waals surface area contributed by atoms with Crippen LogP contribution in [-0.2, 0) is 0 Å². The number of rotatable bonds is 5. The van der Waals surface area contributed by atoms with Crippen LogP contribution in [0.5, 0.6) is 0 Å². The summed E-state index contributed by atoms with van der Waals surface area (Å²) in [5.74, 6) is 4.82. The van der Waals surface area contributed by atoms with E-state index < -0.39 is 0 Å². The fourth-order valence-corrected chi connectivity index (χ4v) is 8.32. The molecule has 0 amide bonds. The van der Waals surface area contributed by atoms with Crippen molar-refractivity contribution in [3.8, 4) is 0 Å². The van der Waals surface area contributed by atoms with Gasteiger partial charge in [-0.05, 0) is 104 Å². The van der Waals surface area contributed by atoms with Gasteiger partial charge in [0.1, 0.15) is 0 Å². The second-order valence-corrected chi connectivity index (χ2v) is 11.8. The molecule has 0 heterocycles. The largest absolute Gasteiger partial charge is 0.393 e. The molecule has 3 saturated carbocycles. The Balaban J connectivity index is 1.48. The zero-order chi connectivity index (χ0) is 20.1. The standard InChI is InChI=1S/C27H44O/c1-18(2)25(28)14-9-19(3)22-12-13-23-21-11-10-20-8-6-7-16-26(20,4)24(21)15-17-27(22,23)5/h6-8,18-19,21-25,28H,9-17H2,1-5H3/t19-,21+,22-,23+,24+,25?,26+,27-/m1/s1. The van der Waals surface area contributed by atoms with Gasteiger partial charge in [-0.25, -0.2) is 0 Å². The summed E-state index contributed by atoms with van der Waals surface area (Å²) in [5.41, 5.74) is 2.75. The topological polar surface area (TPSA) is 20.2 Å². The van der Waals surface area contributed by atoms with Gasteiger partial charge in [-0.1, -0.05) is 58.4 Å². The van der Waals surface area contributed by atoms with Crippen molar-refractivity contribution >= 4 is 0 Å². The molecule has 0 aromatic rings. The third kappa shape index (κ3) is 3.24. The summed E-state index contributed by atoms with van der Waals surface area (Å²) in [6.45, 7) is 12.0. The van der Waals surface area contributed by atoms with Crippen LogP contribution in [0.1, 0.15) is 92.4 Å². The highest BCUT2D eigenvalue weighted by molar-refractivity contribution is 5.30. The average Bonchev–Trinajstić information content (AvgIpc) is 3.02. The summed E-state index contributed by atoms with van der Waals surface area (Å²) >= 11 is 0. The molecule has 1 unspecified atom stereocenters.